The van der Waals surface area contributed by atoms with Crippen molar-refractivity contribution in [1.82, 2.24) is 20.3 Å². The van der Waals surface area contributed by atoms with E-state index in [4.69, 9.17) is 17.3 Å². The van der Waals surface area contributed by atoms with Crippen molar-refractivity contribution in [3.63, 3.8) is 0 Å². The highest BCUT2D eigenvalue weighted by atomic mass is 35.5. The summed E-state index contributed by atoms with van der Waals surface area (Å²) in [5.74, 6) is -0.0516. The van der Waals surface area contributed by atoms with Crippen LogP contribution in [0.3, 0.4) is 0 Å². The maximum absolute atomic E-state index is 12.3. The standard InChI is InChI=1S/C15H18ClN5O/c1-9-6-7-11(8-12(9)16)21-14(17)13(19-20-21)15(22)18-10-4-2-3-5-10/h6-8,10H,2-5,17H2,1H3,(H,18,22). The number of carbonyl (C=O) groups excluding carboxylic acids is 1. The zero-order chi connectivity index (χ0) is 15.7. The van der Waals surface area contributed by atoms with Gasteiger partial charge in [0.25, 0.3) is 5.91 Å². The van der Waals surface area contributed by atoms with E-state index in [2.05, 4.69) is 15.6 Å². The first kappa shape index (κ1) is 14.8. The molecule has 1 aliphatic rings. The van der Waals surface area contributed by atoms with Crippen molar-refractivity contribution in [3.05, 3.63) is 34.5 Å². The molecule has 2 aromatic rings. The van der Waals surface area contributed by atoms with Crippen LogP contribution in [0, 0.1) is 6.92 Å². The Morgan fingerprint density at radius 2 is 2.14 bits per heavy atom. The van der Waals surface area contributed by atoms with E-state index >= 15 is 0 Å². The van der Waals surface area contributed by atoms with Gasteiger partial charge in [0.1, 0.15) is 0 Å². The minimum Gasteiger partial charge on any atom is -0.382 e. The van der Waals surface area contributed by atoms with Crippen molar-refractivity contribution in [2.75, 3.05) is 5.73 Å². The highest BCUT2D eigenvalue weighted by molar-refractivity contribution is 6.31. The minimum atomic E-state index is -0.270. The quantitative estimate of drug-likeness (QED) is 0.910. The van der Waals surface area contributed by atoms with Crippen LogP contribution in [-0.4, -0.2) is 26.9 Å². The van der Waals surface area contributed by atoms with Gasteiger partial charge in [-0.15, -0.1) is 5.10 Å². The number of rotatable bonds is 3. The van der Waals surface area contributed by atoms with Crippen LogP contribution in [0.2, 0.25) is 5.02 Å². The van der Waals surface area contributed by atoms with Crippen LogP contribution in [0.1, 0.15) is 41.7 Å². The molecular weight excluding hydrogens is 302 g/mol. The molecule has 1 aliphatic carbocycles. The summed E-state index contributed by atoms with van der Waals surface area (Å²) < 4.78 is 1.43. The van der Waals surface area contributed by atoms with Gasteiger partial charge >= 0.3 is 0 Å². The third-order valence-electron chi connectivity index (χ3n) is 4.01. The summed E-state index contributed by atoms with van der Waals surface area (Å²) in [7, 11) is 0. The van der Waals surface area contributed by atoms with Crippen LogP contribution in [0.5, 0.6) is 0 Å². The van der Waals surface area contributed by atoms with E-state index in [-0.39, 0.29) is 23.5 Å². The molecule has 116 valence electrons. The number of hydrogen-bond acceptors (Lipinski definition) is 4. The van der Waals surface area contributed by atoms with E-state index in [1.807, 2.05) is 19.1 Å². The molecular formula is C15H18ClN5O. The van der Waals surface area contributed by atoms with Gasteiger partial charge < -0.3 is 11.1 Å². The predicted octanol–water partition coefficient (Wildman–Crippen LogP) is 2.48. The number of nitrogens with one attached hydrogen (secondary N) is 1. The normalized spacial score (nSPS) is 15.2. The Morgan fingerprint density at radius 1 is 1.41 bits per heavy atom. The molecule has 0 spiro atoms. The van der Waals surface area contributed by atoms with Gasteiger partial charge in [-0.2, -0.15) is 4.68 Å². The van der Waals surface area contributed by atoms with Gasteiger partial charge in [0.05, 0.1) is 5.69 Å². The van der Waals surface area contributed by atoms with Crippen LogP contribution in [0.4, 0.5) is 5.82 Å². The first-order valence-electron chi connectivity index (χ1n) is 7.35. The molecule has 1 heterocycles. The van der Waals surface area contributed by atoms with Crippen LogP contribution in [-0.2, 0) is 0 Å². The highest BCUT2D eigenvalue weighted by Gasteiger charge is 2.23. The van der Waals surface area contributed by atoms with Gasteiger partial charge in [-0.1, -0.05) is 35.7 Å². The maximum Gasteiger partial charge on any atom is 0.275 e. The van der Waals surface area contributed by atoms with Gasteiger partial charge in [-0.05, 0) is 37.5 Å². The summed E-state index contributed by atoms with van der Waals surface area (Å²) >= 11 is 6.12. The van der Waals surface area contributed by atoms with Gasteiger partial charge in [0.2, 0.25) is 0 Å². The van der Waals surface area contributed by atoms with Crippen molar-refractivity contribution in [3.8, 4) is 5.69 Å². The monoisotopic (exact) mass is 319 g/mol. The largest absolute Gasteiger partial charge is 0.382 e. The lowest BCUT2D eigenvalue weighted by molar-refractivity contribution is 0.0933. The number of nitrogens with zero attached hydrogens (tertiary/aromatic N) is 3. The number of benzene rings is 1. The second-order valence-corrected chi connectivity index (χ2v) is 6.03. The van der Waals surface area contributed by atoms with Crippen molar-refractivity contribution in [1.29, 1.82) is 0 Å². The van der Waals surface area contributed by atoms with Crippen molar-refractivity contribution < 1.29 is 4.79 Å². The number of aromatic nitrogens is 3. The number of carbonyl (C=O) groups is 1. The summed E-state index contributed by atoms with van der Waals surface area (Å²) in [5, 5.41) is 11.5. The minimum absolute atomic E-state index is 0.156. The van der Waals surface area contributed by atoms with E-state index in [1.54, 1.807) is 6.07 Å². The first-order valence-corrected chi connectivity index (χ1v) is 7.72. The average molecular weight is 320 g/mol. The zero-order valence-electron chi connectivity index (χ0n) is 12.3. The highest BCUT2D eigenvalue weighted by Crippen LogP contribution is 2.22. The van der Waals surface area contributed by atoms with E-state index in [1.165, 1.54) is 4.68 Å². The van der Waals surface area contributed by atoms with Gasteiger partial charge in [0, 0.05) is 11.1 Å². The second kappa shape index (κ2) is 5.96. The second-order valence-electron chi connectivity index (χ2n) is 5.62. The molecule has 1 aromatic carbocycles. The Balaban J connectivity index is 1.84. The Hall–Kier alpha value is -2.08. The average Bonchev–Trinajstić information content (AvgIpc) is 3.11. The Bertz CT molecular complexity index is 706. The lowest BCUT2D eigenvalue weighted by atomic mass is 10.2. The molecule has 1 saturated carbocycles. The topological polar surface area (TPSA) is 85.8 Å². The number of anilines is 1. The SMILES string of the molecule is Cc1ccc(-n2nnc(C(=O)NC3CCCC3)c2N)cc1Cl. The number of aryl methyl sites for hydroxylation is 1. The zero-order valence-corrected chi connectivity index (χ0v) is 13.1. The molecule has 0 bridgehead atoms. The van der Waals surface area contributed by atoms with E-state index in [0.717, 1.165) is 31.2 Å². The number of amides is 1. The summed E-state index contributed by atoms with van der Waals surface area (Å²) in [4.78, 5) is 12.3. The Morgan fingerprint density at radius 3 is 2.82 bits per heavy atom. The van der Waals surface area contributed by atoms with Crippen molar-refractivity contribution in [2.45, 2.75) is 38.6 Å². The molecule has 0 radical (unpaired) electrons. The first-order chi connectivity index (χ1) is 10.6. The summed E-state index contributed by atoms with van der Waals surface area (Å²) in [5.41, 5.74) is 7.83. The van der Waals surface area contributed by atoms with Crippen molar-refractivity contribution >= 4 is 23.3 Å². The Labute approximate surface area is 133 Å². The van der Waals surface area contributed by atoms with Crippen LogP contribution in [0.25, 0.3) is 5.69 Å². The fourth-order valence-electron chi connectivity index (χ4n) is 2.68. The number of nitrogen functional groups attached to an aromatic ring is 1. The lowest BCUT2D eigenvalue weighted by Gasteiger charge is -2.10. The molecule has 1 fully saturated rings. The summed E-state index contributed by atoms with van der Waals surface area (Å²) in [6.45, 7) is 1.91. The van der Waals surface area contributed by atoms with Gasteiger partial charge in [0.15, 0.2) is 11.5 Å². The molecule has 22 heavy (non-hydrogen) atoms. The molecule has 1 amide bonds. The fraction of sp³-hybridized carbons (Fsp3) is 0.400. The Kier molecular flexibility index (Phi) is 4.02. The van der Waals surface area contributed by atoms with Crippen molar-refractivity contribution in [2.24, 2.45) is 0 Å². The molecule has 3 N–H and O–H groups in total. The smallest absolute Gasteiger partial charge is 0.275 e. The fourth-order valence-corrected chi connectivity index (χ4v) is 2.85. The number of nitrogens with two attached hydrogens (primary N) is 1. The lowest BCUT2D eigenvalue weighted by Crippen LogP contribution is -2.33. The molecule has 7 heteroatoms. The summed E-state index contributed by atoms with van der Waals surface area (Å²) in [6, 6.07) is 5.67. The number of halogens is 1. The van der Waals surface area contributed by atoms with E-state index in [9.17, 15) is 4.79 Å². The van der Waals surface area contributed by atoms with Gasteiger partial charge in [-0.25, -0.2) is 0 Å². The number of hydrogen-bond donors (Lipinski definition) is 2. The molecule has 3 rings (SSSR count). The van der Waals surface area contributed by atoms with E-state index in [0.29, 0.717) is 10.7 Å². The third-order valence-corrected chi connectivity index (χ3v) is 4.42. The van der Waals surface area contributed by atoms with Crippen LogP contribution in [0.15, 0.2) is 18.2 Å². The third kappa shape index (κ3) is 2.78. The summed E-state index contributed by atoms with van der Waals surface area (Å²) in [6.07, 6.45) is 4.31. The van der Waals surface area contributed by atoms with E-state index < -0.39 is 0 Å². The molecule has 0 saturated heterocycles. The molecule has 0 unspecified atom stereocenters. The molecule has 0 atom stereocenters. The van der Waals surface area contributed by atoms with Crippen LogP contribution >= 0.6 is 11.6 Å². The maximum atomic E-state index is 12.3. The molecule has 1 aromatic heterocycles. The molecule has 6 nitrogen and oxygen atoms in total. The predicted molar refractivity (Wildman–Crippen MR) is 85.2 cm³/mol. The molecule has 0 aliphatic heterocycles. The van der Waals surface area contributed by atoms with Gasteiger partial charge in [-0.3, -0.25) is 4.79 Å². The van der Waals surface area contributed by atoms with Crippen LogP contribution < -0.4 is 11.1 Å².